The molecule has 2 saturated heterocycles. The number of rotatable bonds is 1. The van der Waals surface area contributed by atoms with E-state index in [-0.39, 0.29) is 25.5 Å². The average Bonchev–Trinajstić information content (AvgIpc) is 1.94. The molecule has 5 nitrogen and oxygen atoms in total. The van der Waals surface area contributed by atoms with Crippen LogP contribution in [0.15, 0.2) is 0 Å². The molecule has 2 fully saturated rings. The van der Waals surface area contributed by atoms with Gasteiger partial charge in [-0.2, -0.15) is 4.31 Å². The van der Waals surface area contributed by atoms with Gasteiger partial charge in [-0.3, -0.25) is 4.79 Å². The molecule has 1 spiro atoms. The van der Waals surface area contributed by atoms with E-state index in [1.54, 1.807) is 20.8 Å². The summed E-state index contributed by atoms with van der Waals surface area (Å²) in [5.74, 6) is -0.0263. The zero-order chi connectivity index (χ0) is 11.5. The van der Waals surface area contributed by atoms with Crippen LogP contribution in [-0.2, 0) is 19.6 Å². The lowest BCUT2D eigenvalue weighted by Gasteiger charge is -2.55. The van der Waals surface area contributed by atoms with Gasteiger partial charge in [-0.25, -0.2) is 8.42 Å². The van der Waals surface area contributed by atoms with Crippen LogP contribution < -0.4 is 0 Å². The molecule has 0 radical (unpaired) electrons. The van der Waals surface area contributed by atoms with Crippen molar-refractivity contribution >= 4 is 15.8 Å². The van der Waals surface area contributed by atoms with Crippen molar-refractivity contribution in [3.05, 3.63) is 0 Å². The van der Waals surface area contributed by atoms with Gasteiger partial charge in [0, 0.05) is 0 Å². The van der Waals surface area contributed by atoms with Crippen LogP contribution in [0.2, 0.25) is 0 Å². The van der Waals surface area contributed by atoms with Crippen molar-refractivity contribution < 1.29 is 17.9 Å². The lowest BCUT2D eigenvalue weighted by Crippen LogP contribution is -2.79. The SMILES string of the molecule is CC(C)(C)S(=O)(=O)N1CC(=O)C12COC2. The normalized spacial score (nSPS) is 26.2. The van der Waals surface area contributed by atoms with E-state index >= 15 is 0 Å². The molecule has 0 unspecified atom stereocenters. The number of ether oxygens (including phenoxy) is 1. The molecule has 0 aromatic heterocycles. The third-order valence-corrected chi connectivity index (χ3v) is 5.64. The first-order valence-electron chi connectivity index (χ1n) is 4.85. The zero-order valence-electron chi connectivity index (χ0n) is 9.11. The predicted molar refractivity (Wildman–Crippen MR) is 53.9 cm³/mol. The number of sulfonamides is 1. The first-order valence-corrected chi connectivity index (χ1v) is 6.29. The molecule has 0 aromatic carbocycles. The largest absolute Gasteiger partial charge is 0.376 e. The molecule has 0 saturated carbocycles. The van der Waals surface area contributed by atoms with Crippen molar-refractivity contribution in [2.45, 2.75) is 31.1 Å². The monoisotopic (exact) mass is 233 g/mol. The zero-order valence-corrected chi connectivity index (χ0v) is 9.93. The number of Topliss-reactive ketones (excluding diaryl/α,β-unsaturated/α-hetero) is 1. The van der Waals surface area contributed by atoms with Gasteiger partial charge in [0.1, 0.15) is 5.54 Å². The van der Waals surface area contributed by atoms with Gasteiger partial charge in [0.15, 0.2) is 5.78 Å². The molecule has 0 amide bonds. The van der Waals surface area contributed by atoms with E-state index in [4.69, 9.17) is 4.74 Å². The molecule has 6 heteroatoms. The minimum Gasteiger partial charge on any atom is -0.376 e. The van der Waals surface area contributed by atoms with Gasteiger partial charge < -0.3 is 4.74 Å². The summed E-state index contributed by atoms with van der Waals surface area (Å²) < 4.78 is 29.6. The fourth-order valence-corrected chi connectivity index (χ4v) is 3.34. The molecule has 2 aliphatic rings. The van der Waals surface area contributed by atoms with Crippen molar-refractivity contribution in [1.82, 2.24) is 4.31 Å². The third kappa shape index (κ3) is 1.21. The van der Waals surface area contributed by atoms with E-state index in [0.29, 0.717) is 0 Å². The Morgan fingerprint density at radius 2 is 1.87 bits per heavy atom. The summed E-state index contributed by atoms with van der Waals surface area (Å²) in [7, 11) is -3.41. The summed E-state index contributed by atoms with van der Waals surface area (Å²) >= 11 is 0. The second kappa shape index (κ2) is 2.81. The highest BCUT2D eigenvalue weighted by Crippen LogP contribution is 2.39. The van der Waals surface area contributed by atoms with E-state index in [1.165, 1.54) is 4.31 Å². The maximum Gasteiger partial charge on any atom is 0.220 e. The van der Waals surface area contributed by atoms with Crippen molar-refractivity contribution in [2.24, 2.45) is 0 Å². The Bertz CT molecular complexity index is 402. The average molecular weight is 233 g/mol. The molecule has 2 aliphatic heterocycles. The van der Waals surface area contributed by atoms with Crippen LogP contribution in [-0.4, -0.2) is 48.6 Å². The Balaban J connectivity index is 2.31. The minimum absolute atomic E-state index is 0.00294. The van der Waals surface area contributed by atoms with Gasteiger partial charge in [-0.1, -0.05) is 0 Å². The van der Waals surface area contributed by atoms with E-state index < -0.39 is 20.3 Å². The fraction of sp³-hybridized carbons (Fsp3) is 0.889. The highest BCUT2D eigenvalue weighted by molar-refractivity contribution is 7.90. The van der Waals surface area contributed by atoms with E-state index in [2.05, 4.69) is 0 Å². The Labute approximate surface area is 89.4 Å². The van der Waals surface area contributed by atoms with Crippen LogP contribution in [0.3, 0.4) is 0 Å². The van der Waals surface area contributed by atoms with Crippen molar-refractivity contribution in [3.8, 4) is 0 Å². The second-order valence-corrected chi connectivity index (χ2v) is 7.69. The lowest BCUT2D eigenvalue weighted by atomic mass is 9.84. The van der Waals surface area contributed by atoms with E-state index in [0.717, 1.165) is 0 Å². The summed E-state index contributed by atoms with van der Waals surface area (Å²) in [6.07, 6.45) is 0. The highest BCUT2D eigenvalue weighted by atomic mass is 32.2. The number of hydrogen-bond donors (Lipinski definition) is 0. The molecular weight excluding hydrogens is 218 g/mol. The molecule has 15 heavy (non-hydrogen) atoms. The number of carbonyl (C=O) groups excluding carboxylic acids is 1. The molecular formula is C9H15NO4S. The van der Waals surface area contributed by atoms with Crippen LogP contribution in [0.4, 0.5) is 0 Å². The van der Waals surface area contributed by atoms with Crippen LogP contribution in [0.1, 0.15) is 20.8 Å². The molecule has 0 N–H and O–H groups in total. The summed E-state index contributed by atoms with van der Waals surface area (Å²) in [5.41, 5.74) is -0.855. The lowest BCUT2D eigenvalue weighted by molar-refractivity contribution is -0.178. The van der Waals surface area contributed by atoms with Crippen LogP contribution in [0.5, 0.6) is 0 Å². The molecule has 0 bridgehead atoms. The number of nitrogens with zero attached hydrogens (tertiary/aromatic N) is 1. The molecule has 86 valence electrons. The first kappa shape index (κ1) is 11.0. The Morgan fingerprint density at radius 1 is 1.33 bits per heavy atom. The molecule has 2 heterocycles. The first-order chi connectivity index (χ1) is 6.72. The summed E-state index contributed by atoms with van der Waals surface area (Å²) in [6.45, 7) is 5.33. The van der Waals surface area contributed by atoms with Crippen LogP contribution in [0.25, 0.3) is 0 Å². The molecule has 2 rings (SSSR count). The minimum atomic E-state index is -3.41. The van der Waals surface area contributed by atoms with Gasteiger partial charge in [0.05, 0.1) is 24.5 Å². The summed E-state index contributed by atoms with van der Waals surface area (Å²) in [6, 6.07) is 0. The van der Waals surface area contributed by atoms with Gasteiger partial charge in [-0.05, 0) is 20.8 Å². The number of ketones is 1. The van der Waals surface area contributed by atoms with Gasteiger partial charge in [0.2, 0.25) is 10.0 Å². The Morgan fingerprint density at radius 3 is 2.13 bits per heavy atom. The second-order valence-electron chi connectivity index (χ2n) is 5.07. The van der Waals surface area contributed by atoms with Crippen molar-refractivity contribution in [1.29, 1.82) is 0 Å². The van der Waals surface area contributed by atoms with E-state index in [9.17, 15) is 13.2 Å². The van der Waals surface area contributed by atoms with Crippen LogP contribution in [0, 0.1) is 0 Å². The number of carbonyl (C=O) groups is 1. The predicted octanol–water partition coefficient (Wildman–Crippen LogP) is -0.232. The summed E-state index contributed by atoms with van der Waals surface area (Å²) in [4.78, 5) is 11.4. The van der Waals surface area contributed by atoms with Crippen molar-refractivity contribution in [3.63, 3.8) is 0 Å². The van der Waals surface area contributed by atoms with Gasteiger partial charge in [-0.15, -0.1) is 0 Å². The van der Waals surface area contributed by atoms with Crippen molar-refractivity contribution in [2.75, 3.05) is 19.8 Å². The number of hydrogen-bond acceptors (Lipinski definition) is 4. The van der Waals surface area contributed by atoms with Crippen LogP contribution >= 0.6 is 0 Å². The Hall–Kier alpha value is -0.460. The highest BCUT2D eigenvalue weighted by Gasteiger charge is 2.64. The quantitative estimate of drug-likeness (QED) is 0.627. The molecule has 0 aromatic rings. The Kier molecular flexibility index (Phi) is 2.07. The maximum atomic E-state index is 12.1. The van der Waals surface area contributed by atoms with E-state index in [1.807, 2.05) is 0 Å². The standard InChI is InChI=1S/C9H15NO4S/c1-8(2,3)15(12,13)10-4-7(11)9(10)5-14-6-9/h4-6H2,1-3H3. The summed E-state index contributed by atoms with van der Waals surface area (Å²) in [5, 5.41) is 0. The fourth-order valence-electron chi connectivity index (χ4n) is 1.72. The smallest absolute Gasteiger partial charge is 0.220 e. The van der Waals surface area contributed by atoms with Gasteiger partial charge in [0.25, 0.3) is 0 Å². The van der Waals surface area contributed by atoms with Gasteiger partial charge >= 0.3 is 0 Å². The topological polar surface area (TPSA) is 63.7 Å². The molecule has 0 aliphatic carbocycles. The molecule has 0 atom stereocenters. The maximum absolute atomic E-state index is 12.1. The third-order valence-electron chi connectivity index (χ3n) is 3.03.